The molecule has 1 unspecified atom stereocenters. The van der Waals surface area contributed by atoms with Gasteiger partial charge in [-0.05, 0) is 97.6 Å². The molecule has 228 valence electrons. The number of hydrazine groups is 1. The van der Waals surface area contributed by atoms with Gasteiger partial charge in [0.2, 0.25) is 6.41 Å². The van der Waals surface area contributed by atoms with Crippen molar-refractivity contribution in [2.45, 2.75) is 45.1 Å². The van der Waals surface area contributed by atoms with Crippen molar-refractivity contribution >= 4 is 29.6 Å². The van der Waals surface area contributed by atoms with E-state index in [-0.39, 0.29) is 0 Å². The highest BCUT2D eigenvalue weighted by Crippen LogP contribution is 2.38. The average Bonchev–Trinajstić information content (AvgIpc) is 3.68. The van der Waals surface area contributed by atoms with Crippen molar-refractivity contribution in [3.05, 3.63) is 83.4 Å². The van der Waals surface area contributed by atoms with Crippen molar-refractivity contribution in [1.29, 1.82) is 0 Å². The lowest BCUT2D eigenvalue weighted by molar-refractivity contribution is -0.131. The van der Waals surface area contributed by atoms with E-state index >= 15 is 0 Å². The number of aromatic amines is 1. The predicted octanol–water partition coefficient (Wildman–Crippen LogP) is 6.07. The highest BCUT2D eigenvalue weighted by Gasteiger charge is 2.28. The molecule has 2 aliphatic rings. The van der Waals surface area contributed by atoms with E-state index < -0.39 is 0 Å². The highest BCUT2D eigenvalue weighted by molar-refractivity contribution is 5.90. The summed E-state index contributed by atoms with van der Waals surface area (Å²) >= 11 is 0. The molecule has 8 nitrogen and oxygen atoms in total. The fraction of sp³-hybridized carbons (Fsp3) is 0.361. The normalized spacial score (nSPS) is 16.6. The maximum absolute atomic E-state index is 11.3. The van der Waals surface area contributed by atoms with E-state index in [1.807, 2.05) is 5.01 Å². The topological polar surface area (TPSA) is 79.9 Å². The first-order valence-corrected chi connectivity index (χ1v) is 15.8. The zero-order valence-corrected chi connectivity index (χ0v) is 26.1. The van der Waals surface area contributed by atoms with Crippen LogP contribution in [0, 0.1) is 0 Å². The van der Waals surface area contributed by atoms with E-state index in [9.17, 15) is 4.79 Å². The summed E-state index contributed by atoms with van der Waals surface area (Å²) in [4.78, 5) is 26.5. The monoisotopic (exact) mass is 589 g/mol. The lowest BCUT2D eigenvalue weighted by Crippen LogP contribution is -2.43. The molecule has 4 aromatic rings. The van der Waals surface area contributed by atoms with Gasteiger partial charge < -0.3 is 10.3 Å². The second kappa shape index (κ2) is 13.2. The number of aryl methyl sites for hydroxylation is 2. The minimum absolute atomic E-state index is 0.406. The molecule has 1 aliphatic carbocycles. The Morgan fingerprint density at radius 1 is 1.11 bits per heavy atom. The number of aliphatic imine (C=N–C) groups is 1. The van der Waals surface area contributed by atoms with Crippen molar-refractivity contribution in [2.75, 3.05) is 40.3 Å². The molecule has 0 spiro atoms. The summed E-state index contributed by atoms with van der Waals surface area (Å²) in [5.41, 5.74) is 9.47. The Kier molecular flexibility index (Phi) is 8.91. The van der Waals surface area contributed by atoms with Gasteiger partial charge in [0, 0.05) is 44.1 Å². The molecule has 2 N–H and O–H groups in total. The molecule has 1 saturated heterocycles. The summed E-state index contributed by atoms with van der Waals surface area (Å²) in [5, 5.41) is 9.49. The second-order valence-corrected chi connectivity index (χ2v) is 12.0. The van der Waals surface area contributed by atoms with E-state index in [1.54, 1.807) is 18.3 Å². The summed E-state index contributed by atoms with van der Waals surface area (Å²) in [6.07, 6.45) is 8.02. The smallest absolute Gasteiger partial charge is 0.223 e. The summed E-state index contributed by atoms with van der Waals surface area (Å²) < 4.78 is 0. The third kappa shape index (κ3) is 6.05. The van der Waals surface area contributed by atoms with Gasteiger partial charge in [0.1, 0.15) is 5.82 Å². The van der Waals surface area contributed by atoms with Crippen LogP contribution < -0.4 is 5.32 Å². The van der Waals surface area contributed by atoms with Gasteiger partial charge in [0.05, 0.1) is 17.4 Å². The fourth-order valence-electron chi connectivity index (χ4n) is 6.70. The Labute approximate surface area is 260 Å². The molecule has 0 saturated carbocycles. The maximum Gasteiger partial charge on any atom is 0.223 e. The molecule has 6 rings (SSSR count). The van der Waals surface area contributed by atoms with Gasteiger partial charge in [-0.1, -0.05) is 49.4 Å². The van der Waals surface area contributed by atoms with Crippen molar-refractivity contribution in [2.24, 2.45) is 4.99 Å². The average molecular weight is 590 g/mol. The van der Waals surface area contributed by atoms with Gasteiger partial charge in [0.25, 0.3) is 0 Å². The zero-order chi connectivity index (χ0) is 30.6. The minimum atomic E-state index is 0.406. The lowest BCUT2D eigenvalue weighted by atomic mass is 9.89. The van der Waals surface area contributed by atoms with Crippen LogP contribution in [-0.2, 0) is 17.6 Å². The Morgan fingerprint density at radius 2 is 1.91 bits per heavy atom. The molecule has 1 atom stereocenters. The van der Waals surface area contributed by atoms with Gasteiger partial charge in [-0.3, -0.25) is 19.7 Å². The zero-order valence-electron chi connectivity index (χ0n) is 26.1. The van der Waals surface area contributed by atoms with E-state index in [0.717, 1.165) is 61.5 Å². The van der Waals surface area contributed by atoms with E-state index in [2.05, 4.69) is 95.5 Å². The standard InChI is InChI=1S/C36H43N7O/c1-5-17-43(42(4)24-44)19-16-38-33(23-37-2)30-11-10-26-20-25(8-9-27(26)22-30)28-12-14-31-29(21-28)13-15-32-35(31)40-36(39-32)34-7-6-18-41(34)3/h8-12,14,20-24,34,38H,2,5-7,13,15-19H2,1,3-4H3,(H,39,40)/b33-23-. The number of nitrogens with one attached hydrogen (secondary N) is 2. The number of amides is 1. The second-order valence-electron chi connectivity index (χ2n) is 12.0. The van der Waals surface area contributed by atoms with Crippen molar-refractivity contribution < 1.29 is 4.79 Å². The molecule has 1 fully saturated rings. The van der Waals surface area contributed by atoms with Crippen LogP contribution in [0.25, 0.3) is 38.9 Å². The number of likely N-dealkylation sites (tertiary alicyclic amines) is 1. The number of hydrogen-bond acceptors (Lipinski definition) is 6. The largest absolute Gasteiger partial charge is 0.382 e. The predicted molar refractivity (Wildman–Crippen MR) is 180 cm³/mol. The molecule has 1 aromatic heterocycles. The van der Waals surface area contributed by atoms with Crippen LogP contribution in [0.15, 0.2) is 65.8 Å². The third-order valence-electron chi connectivity index (χ3n) is 9.11. The van der Waals surface area contributed by atoms with Crippen LogP contribution in [0.3, 0.4) is 0 Å². The lowest BCUT2D eigenvalue weighted by Gasteiger charge is -2.28. The Bertz CT molecular complexity index is 1690. The van der Waals surface area contributed by atoms with E-state index in [0.29, 0.717) is 19.1 Å². The molecule has 3 aromatic carbocycles. The molecule has 0 radical (unpaired) electrons. The first-order valence-electron chi connectivity index (χ1n) is 15.8. The molecule has 1 amide bonds. The third-order valence-corrected chi connectivity index (χ3v) is 9.11. The minimum Gasteiger partial charge on any atom is -0.382 e. The van der Waals surface area contributed by atoms with Gasteiger partial charge in [-0.25, -0.2) is 9.99 Å². The number of aromatic nitrogens is 2. The fourth-order valence-corrected chi connectivity index (χ4v) is 6.70. The van der Waals surface area contributed by atoms with Crippen LogP contribution in [-0.4, -0.2) is 78.3 Å². The molecule has 44 heavy (non-hydrogen) atoms. The first kappa shape index (κ1) is 29.8. The van der Waals surface area contributed by atoms with E-state index in [1.165, 1.54) is 51.6 Å². The SMILES string of the molecule is C=N/C=C(\NCCN(CCC)N(C)C=O)c1ccc2cc(-c3ccc4c(c3)CCc3[nH]c(C5CCCN5C)nc3-4)ccc2c1. The number of fused-ring (bicyclic) bond motifs is 4. The maximum atomic E-state index is 11.3. The quantitative estimate of drug-likeness (QED) is 0.119. The van der Waals surface area contributed by atoms with Crippen LogP contribution in [0.4, 0.5) is 0 Å². The van der Waals surface area contributed by atoms with Gasteiger partial charge in [-0.2, -0.15) is 0 Å². The number of rotatable bonds is 12. The molecule has 8 heteroatoms. The summed E-state index contributed by atoms with van der Waals surface area (Å²) in [5.74, 6) is 1.13. The van der Waals surface area contributed by atoms with Crippen molar-refractivity contribution in [3.63, 3.8) is 0 Å². The summed E-state index contributed by atoms with van der Waals surface area (Å²) in [7, 11) is 3.99. The van der Waals surface area contributed by atoms with Crippen molar-refractivity contribution in [3.8, 4) is 22.4 Å². The Morgan fingerprint density at radius 3 is 2.68 bits per heavy atom. The van der Waals surface area contributed by atoms with Crippen LogP contribution in [0.5, 0.6) is 0 Å². The Hall–Kier alpha value is -4.27. The number of nitrogens with zero attached hydrogens (tertiary/aromatic N) is 5. The van der Waals surface area contributed by atoms with Gasteiger partial charge in [-0.15, -0.1) is 0 Å². The number of benzene rings is 3. The van der Waals surface area contributed by atoms with Gasteiger partial charge in [0.15, 0.2) is 0 Å². The summed E-state index contributed by atoms with van der Waals surface area (Å²) in [6.45, 7) is 9.12. The molecule has 2 heterocycles. The number of imidazole rings is 1. The first-order chi connectivity index (χ1) is 21.5. The molecule has 1 aliphatic heterocycles. The van der Waals surface area contributed by atoms with E-state index in [4.69, 9.17) is 4.98 Å². The van der Waals surface area contributed by atoms with Crippen LogP contribution >= 0.6 is 0 Å². The number of carbonyl (C=O) groups excluding carboxylic acids is 1. The molecular weight excluding hydrogens is 546 g/mol. The Balaban J connectivity index is 1.19. The van der Waals surface area contributed by atoms with Crippen LogP contribution in [0.1, 0.15) is 54.9 Å². The molecular formula is C36H43N7O. The number of H-pyrrole nitrogens is 1. The number of carbonyl (C=O) groups is 1. The summed E-state index contributed by atoms with van der Waals surface area (Å²) in [6, 6.07) is 20.4. The number of hydrogen-bond donors (Lipinski definition) is 2. The van der Waals surface area contributed by atoms with Crippen molar-refractivity contribution in [1.82, 2.24) is 30.2 Å². The van der Waals surface area contributed by atoms with Crippen LogP contribution in [0.2, 0.25) is 0 Å². The molecule has 0 bridgehead atoms. The highest BCUT2D eigenvalue weighted by atomic mass is 16.1. The van der Waals surface area contributed by atoms with Gasteiger partial charge >= 0.3 is 0 Å².